The molecule has 0 atom stereocenters. The van der Waals surface area contributed by atoms with Crippen LogP contribution in [0.1, 0.15) is 0 Å². The van der Waals surface area contributed by atoms with Gasteiger partial charge >= 0.3 is 0 Å². The normalized spacial score (nSPS) is 12.2. The minimum absolute atomic E-state index is 0.819. The molecule has 10 aromatic carbocycles. The Balaban J connectivity index is 1.06. The molecular formula is C54H30O3. The minimum atomic E-state index is 0.819. The third-order valence-corrected chi connectivity index (χ3v) is 12.0. The first-order chi connectivity index (χ1) is 28.2. The zero-order chi connectivity index (χ0) is 37.2. The maximum Gasteiger partial charge on any atom is 0.147 e. The summed E-state index contributed by atoms with van der Waals surface area (Å²) in [7, 11) is 0. The van der Waals surface area contributed by atoms with Crippen LogP contribution in [0.15, 0.2) is 195 Å². The molecule has 13 aromatic rings. The van der Waals surface area contributed by atoms with E-state index in [0.29, 0.717) is 0 Å². The maximum atomic E-state index is 6.66. The van der Waals surface area contributed by atoms with E-state index in [2.05, 4.69) is 158 Å². The quantitative estimate of drug-likeness (QED) is 0.170. The monoisotopic (exact) mass is 726 g/mol. The molecule has 0 aliphatic heterocycles. The van der Waals surface area contributed by atoms with Gasteiger partial charge in [-0.05, 0) is 109 Å². The zero-order valence-corrected chi connectivity index (χ0v) is 30.5. The van der Waals surface area contributed by atoms with Gasteiger partial charge in [0, 0.05) is 32.3 Å². The van der Waals surface area contributed by atoms with Crippen LogP contribution in [-0.4, -0.2) is 0 Å². The smallest absolute Gasteiger partial charge is 0.147 e. The molecule has 0 radical (unpaired) electrons. The molecule has 0 bridgehead atoms. The van der Waals surface area contributed by atoms with Crippen molar-refractivity contribution in [3.63, 3.8) is 0 Å². The van der Waals surface area contributed by atoms with E-state index in [4.69, 9.17) is 13.3 Å². The van der Waals surface area contributed by atoms with Crippen LogP contribution in [0.4, 0.5) is 0 Å². The molecule has 3 heteroatoms. The first kappa shape index (κ1) is 30.7. The topological polar surface area (TPSA) is 39.4 Å². The standard InChI is InChI=1S/C54H30O3/c1-2-12-32-27-33(22-21-31(32)11-1)50-38-15-3-5-17-40(38)51(41-18-6-4-16-39(41)50)34-23-25-48-42(28-34)43-29-35(24-26-49(43)55-48)52-53-44(36-13-7-9-19-46(36)56-53)30-45-37-14-8-10-20-47(37)57-54(45)52/h1-30H. The predicted octanol–water partition coefficient (Wildman–Crippen LogP) is 15.8. The van der Waals surface area contributed by atoms with Crippen LogP contribution in [0.3, 0.4) is 0 Å². The van der Waals surface area contributed by atoms with Gasteiger partial charge in [-0.15, -0.1) is 0 Å². The van der Waals surface area contributed by atoms with E-state index in [1.54, 1.807) is 0 Å². The molecule has 57 heavy (non-hydrogen) atoms. The van der Waals surface area contributed by atoms with E-state index in [-0.39, 0.29) is 0 Å². The van der Waals surface area contributed by atoms with Gasteiger partial charge in [0.25, 0.3) is 0 Å². The van der Waals surface area contributed by atoms with Crippen molar-refractivity contribution in [2.24, 2.45) is 0 Å². The fourth-order valence-corrected chi connectivity index (χ4v) is 9.48. The van der Waals surface area contributed by atoms with E-state index in [0.717, 1.165) is 82.5 Å². The summed E-state index contributed by atoms with van der Waals surface area (Å²) in [6.45, 7) is 0. The third-order valence-electron chi connectivity index (χ3n) is 12.0. The van der Waals surface area contributed by atoms with Crippen LogP contribution in [0, 0.1) is 0 Å². The van der Waals surface area contributed by atoms with E-state index >= 15 is 0 Å². The lowest BCUT2D eigenvalue weighted by atomic mass is 9.85. The Morgan fingerprint density at radius 2 is 0.632 bits per heavy atom. The fraction of sp³-hybridized carbons (Fsp3) is 0. The second-order valence-corrected chi connectivity index (χ2v) is 15.1. The zero-order valence-electron chi connectivity index (χ0n) is 30.5. The average Bonchev–Trinajstić information content (AvgIpc) is 3.95. The number of hydrogen-bond acceptors (Lipinski definition) is 3. The molecule has 3 aromatic heterocycles. The molecule has 0 aliphatic carbocycles. The summed E-state index contributed by atoms with van der Waals surface area (Å²) in [6.07, 6.45) is 0. The molecule has 0 N–H and O–H groups in total. The van der Waals surface area contributed by atoms with Crippen molar-refractivity contribution in [3.8, 4) is 33.4 Å². The number of rotatable bonds is 3. The van der Waals surface area contributed by atoms with Crippen molar-refractivity contribution in [1.82, 2.24) is 0 Å². The molecule has 0 saturated heterocycles. The Morgan fingerprint density at radius 3 is 1.18 bits per heavy atom. The van der Waals surface area contributed by atoms with E-state index in [1.807, 2.05) is 24.3 Å². The number of furan rings is 3. The Hall–Kier alpha value is -7.62. The number of para-hydroxylation sites is 2. The average molecular weight is 727 g/mol. The summed E-state index contributed by atoms with van der Waals surface area (Å²) < 4.78 is 19.9. The van der Waals surface area contributed by atoms with Crippen molar-refractivity contribution in [2.45, 2.75) is 0 Å². The summed E-state index contributed by atoms with van der Waals surface area (Å²) in [5, 5.41) is 13.8. The summed E-state index contributed by atoms with van der Waals surface area (Å²) in [5.74, 6) is 0. The van der Waals surface area contributed by atoms with Crippen molar-refractivity contribution in [2.75, 3.05) is 0 Å². The fourth-order valence-electron chi connectivity index (χ4n) is 9.48. The first-order valence-electron chi connectivity index (χ1n) is 19.4. The van der Waals surface area contributed by atoms with Gasteiger partial charge in [0.15, 0.2) is 0 Å². The number of benzene rings is 10. The first-order valence-corrected chi connectivity index (χ1v) is 19.4. The highest BCUT2D eigenvalue weighted by Crippen LogP contribution is 2.48. The second kappa shape index (κ2) is 11.5. The minimum Gasteiger partial charge on any atom is -0.456 e. The summed E-state index contributed by atoms with van der Waals surface area (Å²) in [5.41, 5.74) is 11.8. The molecule has 13 rings (SSSR count). The van der Waals surface area contributed by atoms with Crippen LogP contribution in [0.2, 0.25) is 0 Å². The van der Waals surface area contributed by atoms with Crippen molar-refractivity contribution < 1.29 is 13.3 Å². The Labute approximate surface area is 325 Å². The lowest BCUT2D eigenvalue weighted by molar-refractivity contribution is 0.658. The predicted molar refractivity (Wildman–Crippen MR) is 237 cm³/mol. The van der Waals surface area contributed by atoms with Crippen LogP contribution >= 0.6 is 0 Å². The van der Waals surface area contributed by atoms with E-state index in [1.165, 1.54) is 49.0 Å². The van der Waals surface area contributed by atoms with Crippen LogP contribution in [-0.2, 0) is 0 Å². The summed E-state index contributed by atoms with van der Waals surface area (Å²) >= 11 is 0. The summed E-state index contributed by atoms with van der Waals surface area (Å²) in [4.78, 5) is 0. The highest BCUT2D eigenvalue weighted by Gasteiger charge is 2.23. The largest absolute Gasteiger partial charge is 0.456 e. The molecule has 3 heterocycles. The molecular weight excluding hydrogens is 697 g/mol. The van der Waals surface area contributed by atoms with Crippen LogP contribution < -0.4 is 0 Å². The Morgan fingerprint density at radius 1 is 0.228 bits per heavy atom. The van der Waals surface area contributed by atoms with Crippen LogP contribution in [0.5, 0.6) is 0 Å². The van der Waals surface area contributed by atoms with Gasteiger partial charge in [-0.1, -0.05) is 133 Å². The number of fused-ring (bicyclic) bond motifs is 12. The lowest BCUT2D eigenvalue weighted by Crippen LogP contribution is -1.91. The van der Waals surface area contributed by atoms with Crippen LogP contribution in [0.25, 0.3) is 132 Å². The SMILES string of the molecule is c1ccc2cc(-c3c4ccccc4c(-c4ccc5oc6ccc(-c7c8oc9ccccc9c8cc8c7oc7ccccc78)cc6c5c4)c4ccccc34)ccc2c1. The summed E-state index contributed by atoms with van der Waals surface area (Å²) in [6, 6.07) is 65.0. The van der Waals surface area contributed by atoms with Crippen molar-refractivity contribution >= 4 is 98.1 Å². The van der Waals surface area contributed by atoms with E-state index in [9.17, 15) is 0 Å². The van der Waals surface area contributed by atoms with Crippen molar-refractivity contribution in [3.05, 3.63) is 182 Å². The number of hydrogen-bond donors (Lipinski definition) is 0. The second-order valence-electron chi connectivity index (χ2n) is 15.1. The maximum absolute atomic E-state index is 6.66. The molecule has 3 nitrogen and oxygen atoms in total. The van der Waals surface area contributed by atoms with Gasteiger partial charge in [0.05, 0.1) is 5.56 Å². The highest BCUT2D eigenvalue weighted by atomic mass is 16.3. The van der Waals surface area contributed by atoms with Gasteiger partial charge in [-0.2, -0.15) is 0 Å². The molecule has 0 saturated carbocycles. The molecule has 264 valence electrons. The Kier molecular flexibility index (Phi) is 6.16. The lowest BCUT2D eigenvalue weighted by Gasteiger charge is -2.18. The highest BCUT2D eigenvalue weighted by molar-refractivity contribution is 6.24. The van der Waals surface area contributed by atoms with Gasteiger partial charge in [-0.3, -0.25) is 0 Å². The molecule has 0 unspecified atom stereocenters. The van der Waals surface area contributed by atoms with Gasteiger partial charge in [-0.25, -0.2) is 0 Å². The molecule has 0 spiro atoms. The van der Waals surface area contributed by atoms with Gasteiger partial charge in [0.2, 0.25) is 0 Å². The third kappa shape index (κ3) is 4.37. The molecule has 0 aliphatic rings. The van der Waals surface area contributed by atoms with E-state index < -0.39 is 0 Å². The van der Waals surface area contributed by atoms with Crippen molar-refractivity contribution in [1.29, 1.82) is 0 Å². The van der Waals surface area contributed by atoms with Gasteiger partial charge in [0.1, 0.15) is 33.5 Å². The Bertz CT molecular complexity index is 3670. The van der Waals surface area contributed by atoms with Gasteiger partial charge < -0.3 is 13.3 Å². The molecule has 0 amide bonds. The molecule has 0 fully saturated rings.